The number of hydrogen-bond acceptors (Lipinski definition) is 2. The minimum Gasteiger partial charge on any atom is -0.372 e. The second kappa shape index (κ2) is 2.58. The maximum Gasteiger partial charge on any atom is 0.167 e. The van der Waals surface area contributed by atoms with Crippen LogP contribution >= 0.6 is 0 Å². The molecule has 0 saturated carbocycles. The van der Waals surface area contributed by atoms with Crippen molar-refractivity contribution in [2.75, 3.05) is 0 Å². The van der Waals surface area contributed by atoms with Crippen molar-refractivity contribution >= 4 is 0 Å². The smallest absolute Gasteiger partial charge is 0.167 e. The van der Waals surface area contributed by atoms with Gasteiger partial charge in [0.2, 0.25) is 0 Å². The molecule has 1 aliphatic carbocycles. The van der Waals surface area contributed by atoms with Crippen LogP contribution in [0.3, 0.4) is 0 Å². The van der Waals surface area contributed by atoms with Gasteiger partial charge >= 0.3 is 0 Å². The summed E-state index contributed by atoms with van der Waals surface area (Å²) >= 11 is 0. The predicted molar refractivity (Wildman–Crippen MR) is 50.0 cm³/mol. The van der Waals surface area contributed by atoms with Crippen molar-refractivity contribution in [1.82, 2.24) is 4.98 Å². The number of fused-ring (bicyclic) bond motifs is 1. The first kappa shape index (κ1) is 8.28. The number of hydrogen-bond donors (Lipinski definition) is 1. The van der Waals surface area contributed by atoms with Gasteiger partial charge in [0.15, 0.2) is 5.60 Å². The van der Waals surface area contributed by atoms with Gasteiger partial charge in [0.1, 0.15) is 0 Å². The zero-order chi connectivity index (χ0) is 9.47. The van der Waals surface area contributed by atoms with Crippen LogP contribution in [0.1, 0.15) is 23.4 Å². The van der Waals surface area contributed by atoms with Crippen molar-refractivity contribution < 1.29 is 5.11 Å². The van der Waals surface area contributed by atoms with E-state index in [1.54, 1.807) is 0 Å². The van der Waals surface area contributed by atoms with E-state index >= 15 is 0 Å². The number of terminal acetylenes is 1. The molecule has 0 aliphatic heterocycles. The van der Waals surface area contributed by atoms with Crippen molar-refractivity contribution in [3.8, 4) is 12.3 Å². The molecule has 1 unspecified atom stereocenters. The fourth-order valence-electron chi connectivity index (χ4n) is 1.72. The third-order valence-electron chi connectivity index (χ3n) is 2.50. The molecule has 0 amide bonds. The second-order valence-electron chi connectivity index (χ2n) is 3.46. The van der Waals surface area contributed by atoms with Crippen LogP contribution < -0.4 is 0 Å². The van der Waals surface area contributed by atoms with E-state index < -0.39 is 5.60 Å². The van der Waals surface area contributed by atoms with Gasteiger partial charge in [0.05, 0.1) is 5.69 Å². The lowest BCUT2D eigenvalue weighted by atomic mass is 10.0. The minimum absolute atomic E-state index is 0.593. The summed E-state index contributed by atoms with van der Waals surface area (Å²) in [5.74, 6) is 2.42. The number of pyridine rings is 1. The van der Waals surface area contributed by atoms with Crippen molar-refractivity contribution in [1.29, 1.82) is 0 Å². The highest BCUT2D eigenvalue weighted by molar-refractivity contribution is 5.38. The molecular weight excluding hydrogens is 162 g/mol. The Kier molecular flexibility index (Phi) is 1.64. The van der Waals surface area contributed by atoms with Crippen molar-refractivity contribution in [2.45, 2.75) is 25.4 Å². The Morgan fingerprint density at radius 3 is 3.08 bits per heavy atom. The molecule has 0 aromatic carbocycles. The molecule has 0 spiro atoms. The summed E-state index contributed by atoms with van der Waals surface area (Å²) in [6.45, 7) is 1.90. The molecular formula is C11H11NO. The summed E-state index contributed by atoms with van der Waals surface area (Å²) in [6.07, 6.45) is 6.71. The van der Waals surface area contributed by atoms with Crippen LogP contribution in [0.2, 0.25) is 0 Å². The molecule has 2 nitrogen and oxygen atoms in total. The van der Waals surface area contributed by atoms with Gasteiger partial charge in [0, 0.05) is 5.69 Å². The van der Waals surface area contributed by atoms with Gasteiger partial charge in [0.25, 0.3) is 0 Å². The summed E-state index contributed by atoms with van der Waals surface area (Å²) < 4.78 is 0. The number of aromatic nitrogens is 1. The van der Waals surface area contributed by atoms with E-state index in [1.807, 2.05) is 19.1 Å². The Balaban J connectivity index is 2.60. The molecule has 2 rings (SSSR count). The highest BCUT2D eigenvalue weighted by Gasteiger charge is 2.36. The molecule has 1 aliphatic rings. The summed E-state index contributed by atoms with van der Waals surface area (Å²) in [5, 5.41) is 9.98. The lowest BCUT2D eigenvalue weighted by Gasteiger charge is -2.15. The number of aliphatic hydroxyl groups is 1. The highest BCUT2D eigenvalue weighted by Crippen LogP contribution is 2.34. The van der Waals surface area contributed by atoms with E-state index in [1.165, 1.54) is 0 Å². The van der Waals surface area contributed by atoms with Gasteiger partial charge in [-0.25, -0.2) is 0 Å². The van der Waals surface area contributed by atoms with Crippen LogP contribution in [0.5, 0.6) is 0 Å². The zero-order valence-electron chi connectivity index (χ0n) is 7.54. The Hall–Kier alpha value is -1.33. The van der Waals surface area contributed by atoms with E-state index in [2.05, 4.69) is 10.9 Å². The van der Waals surface area contributed by atoms with E-state index in [0.717, 1.165) is 17.7 Å². The largest absolute Gasteiger partial charge is 0.372 e. The Morgan fingerprint density at radius 2 is 2.38 bits per heavy atom. The molecule has 1 aromatic rings. The van der Waals surface area contributed by atoms with Gasteiger partial charge in [-0.3, -0.25) is 4.98 Å². The van der Waals surface area contributed by atoms with Crippen LogP contribution in [0, 0.1) is 19.3 Å². The summed E-state index contributed by atoms with van der Waals surface area (Å²) in [4.78, 5) is 4.29. The van der Waals surface area contributed by atoms with Gasteiger partial charge in [-0.15, -0.1) is 6.42 Å². The Morgan fingerprint density at radius 1 is 1.62 bits per heavy atom. The first-order valence-electron chi connectivity index (χ1n) is 4.33. The first-order valence-corrected chi connectivity index (χ1v) is 4.33. The quantitative estimate of drug-likeness (QED) is 0.597. The van der Waals surface area contributed by atoms with Gasteiger partial charge in [-0.05, 0) is 31.4 Å². The molecule has 13 heavy (non-hydrogen) atoms. The monoisotopic (exact) mass is 173 g/mol. The number of nitrogens with zero attached hydrogens (tertiary/aromatic N) is 1. The summed E-state index contributed by atoms with van der Waals surface area (Å²) in [6, 6.07) is 3.94. The summed E-state index contributed by atoms with van der Waals surface area (Å²) in [7, 11) is 0. The summed E-state index contributed by atoms with van der Waals surface area (Å²) in [5.41, 5.74) is 1.52. The average molecular weight is 173 g/mol. The molecule has 0 radical (unpaired) electrons. The average Bonchev–Trinajstić information content (AvgIpc) is 2.45. The molecule has 1 aromatic heterocycles. The minimum atomic E-state index is -1.12. The molecule has 1 heterocycles. The van der Waals surface area contributed by atoms with Crippen molar-refractivity contribution in [3.05, 3.63) is 29.1 Å². The number of aryl methyl sites for hydroxylation is 2. The van der Waals surface area contributed by atoms with Gasteiger partial charge in [-0.2, -0.15) is 0 Å². The topological polar surface area (TPSA) is 33.1 Å². The molecule has 66 valence electrons. The second-order valence-corrected chi connectivity index (χ2v) is 3.46. The SMILES string of the molecule is C#CC1(O)CCc2ccc(C)nc21. The standard InChI is InChI=1S/C11H11NO/c1-3-11(13)7-6-9-5-4-8(2)12-10(9)11/h1,4-5,13H,6-7H2,2H3. The molecule has 0 saturated heterocycles. The molecule has 0 bridgehead atoms. The van der Waals surface area contributed by atoms with Crippen LogP contribution in [0.15, 0.2) is 12.1 Å². The van der Waals surface area contributed by atoms with Crippen molar-refractivity contribution in [2.24, 2.45) is 0 Å². The lowest BCUT2D eigenvalue weighted by Crippen LogP contribution is -2.20. The van der Waals surface area contributed by atoms with Gasteiger partial charge < -0.3 is 5.11 Å². The van der Waals surface area contributed by atoms with Crippen LogP contribution in [0.4, 0.5) is 0 Å². The molecule has 1 N–H and O–H groups in total. The van der Waals surface area contributed by atoms with E-state index in [-0.39, 0.29) is 0 Å². The third-order valence-corrected chi connectivity index (χ3v) is 2.50. The van der Waals surface area contributed by atoms with E-state index in [9.17, 15) is 5.11 Å². The highest BCUT2D eigenvalue weighted by atomic mass is 16.3. The molecule has 0 fully saturated rings. The maximum absolute atomic E-state index is 9.98. The Bertz CT molecular complexity index is 392. The van der Waals surface area contributed by atoms with Crippen LogP contribution in [-0.4, -0.2) is 10.1 Å². The molecule has 1 atom stereocenters. The Labute approximate surface area is 77.6 Å². The lowest BCUT2D eigenvalue weighted by molar-refractivity contribution is 0.0983. The van der Waals surface area contributed by atoms with E-state index in [0.29, 0.717) is 12.1 Å². The maximum atomic E-state index is 9.98. The predicted octanol–water partition coefficient (Wildman–Crippen LogP) is 1.16. The fraction of sp³-hybridized carbons (Fsp3) is 0.364. The van der Waals surface area contributed by atoms with Crippen LogP contribution in [-0.2, 0) is 12.0 Å². The first-order chi connectivity index (χ1) is 6.15. The van der Waals surface area contributed by atoms with Crippen LogP contribution in [0.25, 0.3) is 0 Å². The van der Waals surface area contributed by atoms with Gasteiger partial charge in [-0.1, -0.05) is 12.0 Å². The normalized spacial score (nSPS) is 25.3. The number of rotatable bonds is 0. The van der Waals surface area contributed by atoms with Crippen molar-refractivity contribution in [3.63, 3.8) is 0 Å². The fourth-order valence-corrected chi connectivity index (χ4v) is 1.72. The van der Waals surface area contributed by atoms with E-state index in [4.69, 9.17) is 6.42 Å². The molecule has 2 heteroatoms. The third kappa shape index (κ3) is 1.13. The zero-order valence-corrected chi connectivity index (χ0v) is 7.54.